The first-order valence-corrected chi connectivity index (χ1v) is 7.43. The van der Waals surface area contributed by atoms with Crippen LogP contribution in [0.1, 0.15) is 23.6 Å². The van der Waals surface area contributed by atoms with Crippen molar-refractivity contribution >= 4 is 27.5 Å². The summed E-state index contributed by atoms with van der Waals surface area (Å²) < 4.78 is 6.96. The van der Waals surface area contributed by atoms with Crippen LogP contribution in [0.2, 0.25) is 5.02 Å². The Morgan fingerprint density at radius 1 is 1.21 bits per heavy atom. The number of halogens is 2. The number of benzene rings is 2. The third-order valence-corrected chi connectivity index (χ3v) is 3.74. The minimum absolute atomic E-state index is 0.523. The van der Waals surface area contributed by atoms with E-state index in [1.54, 1.807) is 0 Å². The minimum atomic E-state index is 0.523. The molecule has 3 heteroatoms. The molecule has 0 aromatic heterocycles. The molecule has 0 fully saturated rings. The van der Waals surface area contributed by atoms with Crippen molar-refractivity contribution in [2.45, 2.75) is 26.9 Å². The molecule has 2 rings (SSSR count). The number of rotatable bonds is 4. The SMILES string of the molecule is CCc1cc(C)cc(Br)c1OCc1cccc(Cl)c1. The highest BCUT2D eigenvalue weighted by atomic mass is 79.9. The third-order valence-electron chi connectivity index (χ3n) is 2.92. The van der Waals surface area contributed by atoms with Gasteiger partial charge in [0.15, 0.2) is 0 Å². The Balaban J connectivity index is 2.19. The summed E-state index contributed by atoms with van der Waals surface area (Å²) in [5, 5.41) is 0.736. The zero-order valence-electron chi connectivity index (χ0n) is 11.0. The maximum Gasteiger partial charge on any atom is 0.137 e. The average molecular weight is 340 g/mol. The van der Waals surface area contributed by atoms with Crippen LogP contribution in [-0.4, -0.2) is 0 Å². The van der Waals surface area contributed by atoms with Gasteiger partial charge >= 0.3 is 0 Å². The largest absolute Gasteiger partial charge is 0.487 e. The lowest BCUT2D eigenvalue weighted by atomic mass is 10.1. The molecule has 0 unspecified atom stereocenters. The van der Waals surface area contributed by atoms with Gasteiger partial charge in [0.2, 0.25) is 0 Å². The lowest BCUT2D eigenvalue weighted by molar-refractivity contribution is 0.301. The van der Waals surface area contributed by atoms with E-state index in [2.05, 4.69) is 41.9 Å². The van der Waals surface area contributed by atoms with Gasteiger partial charge in [-0.2, -0.15) is 0 Å². The smallest absolute Gasteiger partial charge is 0.137 e. The van der Waals surface area contributed by atoms with Gasteiger partial charge in [-0.1, -0.05) is 36.7 Å². The second kappa shape index (κ2) is 6.44. The summed E-state index contributed by atoms with van der Waals surface area (Å²) in [7, 11) is 0. The molecule has 2 aromatic carbocycles. The van der Waals surface area contributed by atoms with E-state index < -0.39 is 0 Å². The standard InChI is InChI=1S/C16H16BrClO/c1-3-13-7-11(2)8-15(17)16(13)19-10-12-5-4-6-14(18)9-12/h4-9H,3,10H2,1-2H3. The zero-order valence-corrected chi connectivity index (χ0v) is 13.4. The highest BCUT2D eigenvalue weighted by Gasteiger charge is 2.08. The number of ether oxygens (including phenoxy) is 1. The summed E-state index contributed by atoms with van der Waals surface area (Å²) in [5.74, 6) is 0.924. The summed E-state index contributed by atoms with van der Waals surface area (Å²) in [6, 6.07) is 12.0. The fourth-order valence-electron chi connectivity index (χ4n) is 2.01. The molecule has 0 aliphatic heterocycles. The number of aryl methyl sites for hydroxylation is 2. The molecular weight excluding hydrogens is 324 g/mol. The van der Waals surface area contributed by atoms with Crippen molar-refractivity contribution in [3.8, 4) is 5.75 Å². The van der Waals surface area contributed by atoms with E-state index in [4.69, 9.17) is 16.3 Å². The lowest BCUT2D eigenvalue weighted by Gasteiger charge is -2.13. The van der Waals surface area contributed by atoms with E-state index in [0.29, 0.717) is 6.61 Å². The molecule has 0 heterocycles. The van der Waals surface area contributed by atoms with Crippen molar-refractivity contribution < 1.29 is 4.74 Å². The normalized spacial score (nSPS) is 10.5. The molecule has 1 nitrogen and oxygen atoms in total. The Bertz CT molecular complexity index is 581. The van der Waals surface area contributed by atoms with Crippen molar-refractivity contribution in [3.63, 3.8) is 0 Å². The molecule has 0 radical (unpaired) electrons. The van der Waals surface area contributed by atoms with Crippen LogP contribution in [0.5, 0.6) is 5.75 Å². The van der Waals surface area contributed by atoms with E-state index in [9.17, 15) is 0 Å². The van der Waals surface area contributed by atoms with Crippen molar-refractivity contribution in [1.82, 2.24) is 0 Å². The van der Waals surface area contributed by atoms with Gasteiger partial charge in [-0.05, 0) is 64.2 Å². The van der Waals surface area contributed by atoms with E-state index in [1.807, 2.05) is 24.3 Å². The van der Waals surface area contributed by atoms with Gasteiger partial charge in [0, 0.05) is 5.02 Å². The zero-order chi connectivity index (χ0) is 13.8. The predicted molar refractivity (Wildman–Crippen MR) is 84.0 cm³/mol. The lowest BCUT2D eigenvalue weighted by Crippen LogP contribution is -1.99. The predicted octanol–water partition coefficient (Wildman–Crippen LogP) is 5.55. The van der Waals surface area contributed by atoms with Gasteiger partial charge in [0.25, 0.3) is 0 Å². The van der Waals surface area contributed by atoms with Crippen LogP contribution in [-0.2, 0) is 13.0 Å². The Morgan fingerprint density at radius 2 is 2.00 bits per heavy atom. The Labute approximate surface area is 127 Å². The number of hydrogen-bond acceptors (Lipinski definition) is 1. The summed E-state index contributed by atoms with van der Waals surface area (Å²) in [6.07, 6.45) is 0.950. The topological polar surface area (TPSA) is 9.23 Å². The van der Waals surface area contributed by atoms with Gasteiger partial charge < -0.3 is 4.74 Å². The minimum Gasteiger partial charge on any atom is -0.487 e. The Kier molecular flexibility index (Phi) is 4.89. The van der Waals surface area contributed by atoms with Gasteiger partial charge in [-0.25, -0.2) is 0 Å². The van der Waals surface area contributed by atoms with Crippen LogP contribution in [0.3, 0.4) is 0 Å². The van der Waals surface area contributed by atoms with Crippen molar-refractivity contribution in [2.24, 2.45) is 0 Å². The van der Waals surface area contributed by atoms with E-state index in [1.165, 1.54) is 11.1 Å². The third kappa shape index (κ3) is 3.74. The summed E-state index contributed by atoms with van der Waals surface area (Å²) in [5.41, 5.74) is 3.52. The van der Waals surface area contributed by atoms with Crippen LogP contribution < -0.4 is 4.74 Å². The van der Waals surface area contributed by atoms with E-state index >= 15 is 0 Å². The van der Waals surface area contributed by atoms with Gasteiger partial charge in [0.1, 0.15) is 12.4 Å². The second-order valence-electron chi connectivity index (χ2n) is 4.51. The van der Waals surface area contributed by atoms with Crippen LogP contribution in [0.15, 0.2) is 40.9 Å². The molecule has 0 atom stereocenters. The molecule has 0 bridgehead atoms. The Hall–Kier alpha value is -0.990. The summed E-state index contributed by atoms with van der Waals surface area (Å²) in [4.78, 5) is 0. The fourth-order valence-corrected chi connectivity index (χ4v) is 2.95. The molecule has 0 saturated carbocycles. The summed E-state index contributed by atoms with van der Waals surface area (Å²) >= 11 is 9.55. The maximum absolute atomic E-state index is 5.97. The highest BCUT2D eigenvalue weighted by molar-refractivity contribution is 9.10. The number of hydrogen-bond donors (Lipinski definition) is 0. The fraction of sp³-hybridized carbons (Fsp3) is 0.250. The van der Waals surface area contributed by atoms with E-state index in [0.717, 1.165) is 27.2 Å². The quantitative estimate of drug-likeness (QED) is 0.709. The first kappa shape index (κ1) is 14.4. The molecule has 0 N–H and O–H groups in total. The van der Waals surface area contributed by atoms with Gasteiger partial charge in [-0.15, -0.1) is 0 Å². The second-order valence-corrected chi connectivity index (χ2v) is 5.80. The highest BCUT2D eigenvalue weighted by Crippen LogP contribution is 2.32. The first-order valence-electron chi connectivity index (χ1n) is 6.26. The Morgan fingerprint density at radius 3 is 2.68 bits per heavy atom. The van der Waals surface area contributed by atoms with Crippen molar-refractivity contribution in [2.75, 3.05) is 0 Å². The molecular formula is C16H16BrClO. The maximum atomic E-state index is 5.97. The molecule has 0 amide bonds. The summed E-state index contributed by atoms with van der Waals surface area (Å²) in [6.45, 7) is 4.74. The molecule has 19 heavy (non-hydrogen) atoms. The van der Waals surface area contributed by atoms with Crippen LogP contribution in [0.4, 0.5) is 0 Å². The first-order chi connectivity index (χ1) is 9.10. The van der Waals surface area contributed by atoms with E-state index in [-0.39, 0.29) is 0 Å². The van der Waals surface area contributed by atoms with Gasteiger partial charge in [0.05, 0.1) is 4.47 Å². The molecule has 0 aliphatic rings. The van der Waals surface area contributed by atoms with Crippen molar-refractivity contribution in [3.05, 3.63) is 62.6 Å². The van der Waals surface area contributed by atoms with Crippen molar-refractivity contribution in [1.29, 1.82) is 0 Å². The van der Waals surface area contributed by atoms with Crippen LogP contribution >= 0.6 is 27.5 Å². The molecule has 2 aromatic rings. The monoisotopic (exact) mass is 338 g/mol. The average Bonchev–Trinajstić information content (AvgIpc) is 2.37. The van der Waals surface area contributed by atoms with Crippen LogP contribution in [0, 0.1) is 6.92 Å². The molecule has 100 valence electrons. The van der Waals surface area contributed by atoms with Gasteiger partial charge in [-0.3, -0.25) is 0 Å². The molecule has 0 saturated heterocycles. The van der Waals surface area contributed by atoms with Crippen LogP contribution in [0.25, 0.3) is 0 Å². The molecule has 0 aliphatic carbocycles. The molecule has 0 spiro atoms.